The molecule has 0 radical (unpaired) electrons. The zero-order chi connectivity index (χ0) is 11.1. The molecule has 1 heterocycles. The molecule has 0 fully saturated rings. The molecule has 0 spiro atoms. The lowest BCUT2D eigenvalue weighted by molar-refractivity contribution is 0.170. The van der Waals surface area contributed by atoms with Gasteiger partial charge in [-0.3, -0.25) is 0 Å². The SMILES string of the molecule is N#Cc1ncccc1CNC(CO)CO. The Morgan fingerprint density at radius 3 is 2.80 bits per heavy atom. The predicted molar refractivity (Wildman–Crippen MR) is 53.8 cm³/mol. The second kappa shape index (κ2) is 6.09. The van der Waals surface area contributed by atoms with Crippen LogP contribution in [0, 0.1) is 11.3 Å². The minimum Gasteiger partial charge on any atom is -0.395 e. The van der Waals surface area contributed by atoms with Gasteiger partial charge in [0.1, 0.15) is 11.8 Å². The smallest absolute Gasteiger partial charge is 0.144 e. The minimum atomic E-state index is -0.364. The zero-order valence-corrected chi connectivity index (χ0v) is 8.22. The summed E-state index contributed by atoms with van der Waals surface area (Å²) < 4.78 is 0. The molecule has 3 N–H and O–H groups in total. The van der Waals surface area contributed by atoms with Crippen LogP contribution in [0.25, 0.3) is 0 Å². The van der Waals surface area contributed by atoms with Crippen molar-refractivity contribution < 1.29 is 10.2 Å². The number of hydrogen-bond donors (Lipinski definition) is 3. The van der Waals surface area contributed by atoms with E-state index in [4.69, 9.17) is 15.5 Å². The average molecular weight is 207 g/mol. The summed E-state index contributed by atoms with van der Waals surface area (Å²) in [4.78, 5) is 3.90. The van der Waals surface area contributed by atoms with Crippen molar-refractivity contribution in [2.24, 2.45) is 0 Å². The number of nitrogens with one attached hydrogen (secondary N) is 1. The molecule has 1 aromatic heterocycles. The van der Waals surface area contributed by atoms with Gasteiger partial charge in [-0.15, -0.1) is 0 Å². The third-order valence-corrected chi connectivity index (χ3v) is 2.02. The van der Waals surface area contributed by atoms with E-state index in [2.05, 4.69) is 10.3 Å². The fraction of sp³-hybridized carbons (Fsp3) is 0.400. The molecule has 1 aromatic rings. The topological polar surface area (TPSA) is 89.2 Å². The second-order valence-corrected chi connectivity index (χ2v) is 3.07. The van der Waals surface area contributed by atoms with Crippen molar-refractivity contribution in [3.05, 3.63) is 29.6 Å². The van der Waals surface area contributed by atoms with Gasteiger partial charge in [0.25, 0.3) is 0 Å². The molecule has 5 heteroatoms. The van der Waals surface area contributed by atoms with Crippen LogP contribution in [0.15, 0.2) is 18.3 Å². The summed E-state index contributed by atoms with van der Waals surface area (Å²) in [6.07, 6.45) is 1.55. The highest BCUT2D eigenvalue weighted by atomic mass is 16.3. The lowest BCUT2D eigenvalue weighted by Crippen LogP contribution is -2.35. The fourth-order valence-corrected chi connectivity index (χ4v) is 1.12. The predicted octanol–water partition coefficient (Wildman–Crippen LogP) is -0.604. The average Bonchev–Trinajstić information content (AvgIpc) is 2.31. The molecule has 0 aliphatic heterocycles. The van der Waals surface area contributed by atoms with Crippen LogP contribution in [0.2, 0.25) is 0 Å². The molecule has 1 rings (SSSR count). The summed E-state index contributed by atoms with van der Waals surface area (Å²) in [6, 6.07) is 5.14. The Balaban J connectivity index is 2.61. The van der Waals surface area contributed by atoms with Gasteiger partial charge in [0.2, 0.25) is 0 Å². The van der Waals surface area contributed by atoms with Crippen LogP contribution >= 0.6 is 0 Å². The highest BCUT2D eigenvalue weighted by Crippen LogP contribution is 2.03. The lowest BCUT2D eigenvalue weighted by Gasteiger charge is -2.13. The summed E-state index contributed by atoms with van der Waals surface area (Å²) in [5, 5.41) is 29.3. The molecular formula is C10H13N3O2. The maximum absolute atomic E-state index is 8.83. The van der Waals surface area contributed by atoms with E-state index in [1.54, 1.807) is 18.3 Å². The first-order valence-corrected chi connectivity index (χ1v) is 4.61. The number of nitrogens with zero attached hydrogens (tertiary/aromatic N) is 2. The van der Waals surface area contributed by atoms with E-state index in [9.17, 15) is 0 Å². The van der Waals surface area contributed by atoms with Gasteiger partial charge in [0.05, 0.1) is 19.3 Å². The number of aliphatic hydroxyl groups excluding tert-OH is 2. The number of aliphatic hydroxyl groups is 2. The van der Waals surface area contributed by atoms with Crippen molar-refractivity contribution >= 4 is 0 Å². The molecular weight excluding hydrogens is 194 g/mol. The first kappa shape index (κ1) is 11.6. The second-order valence-electron chi connectivity index (χ2n) is 3.07. The molecule has 0 atom stereocenters. The Morgan fingerprint density at radius 1 is 1.47 bits per heavy atom. The van der Waals surface area contributed by atoms with Crippen LogP contribution in [0.1, 0.15) is 11.3 Å². The molecule has 0 aromatic carbocycles. The molecule has 15 heavy (non-hydrogen) atoms. The van der Waals surface area contributed by atoms with Gasteiger partial charge < -0.3 is 15.5 Å². The molecule has 0 saturated carbocycles. The monoisotopic (exact) mass is 207 g/mol. The van der Waals surface area contributed by atoms with E-state index >= 15 is 0 Å². The number of nitriles is 1. The number of pyridine rings is 1. The highest BCUT2D eigenvalue weighted by Gasteiger charge is 2.07. The molecule has 0 amide bonds. The standard InChI is InChI=1S/C10H13N3O2/c11-4-10-8(2-1-3-12-10)5-13-9(6-14)7-15/h1-3,9,13-15H,5-7H2. The van der Waals surface area contributed by atoms with Gasteiger partial charge in [-0.25, -0.2) is 4.98 Å². The summed E-state index contributed by atoms with van der Waals surface area (Å²) >= 11 is 0. The van der Waals surface area contributed by atoms with Gasteiger partial charge in [-0.2, -0.15) is 5.26 Å². The fourth-order valence-electron chi connectivity index (χ4n) is 1.12. The highest BCUT2D eigenvalue weighted by molar-refractivity contribution is 5.30. The van der Waals surface area contributed by atoms with Gasteiger partial charge in [0.15, 0.2) is 0 Å². The molecule has 0 unspecified atom stereocenters. The summed E-state index contributed by atoms with van der Waals surface area (Å²) in [5.74, 6) is 0. The van der Waals surface area contributed by atoms with E-state index in [1.165, 1.54) is 0 Å². The summed E-state index contributed by atoms with van der Waals surface area (Å²) in [6.45, 7) is 0.125. The van der Waals surface area contributed by atoms with Crippen LogP contribution in [-0.4, -0.2) is 34.5 Å². The molecule has 0 saturated heterocycles. The molecule has 0 bridgehead atoms. The van der Waals surface area contributed by atoms with Crippen LogP contribution in [0.5, 0.6) is 0 Å². The number of hydrogen-bond acceptors (Lipinski definition) is 5. The van der Waals surface area contributed by atoms with Gasteiger partial charge in [0, 0.05) is 18.3 Å². The van der Waals surface area contributed by atoms with Crippen LogP contribution in [0.3, 0.4) is 0 Å². The Bertz CT molecular complexity index is 345. The van der Waals surface area contributed by atoms with Crippen LogP contribution in [-0.2, 0) is 6.54 Å². The number of aromatic nitrogens is 1. The first-order valence-electron chi connectivity index (χ1n) is 4.61. The Hall–Kier alpha value is -1.48. The third-order valence-electron chi connectivity index (χ3n) is 2.02. The van der Waals surface area contributed by atoms with Crippen molar-refractivity contribution in [2.75, 3.05) is 13.2 Å². The summed E-state index contributed by atoms with van der Waals surface area (Å²) in [7, 11) is 0. The van der Waals surface area contributed by atoms with Gasteiger partial charge in [-0.1, -0.05) is 6.07 Å². The largest absolute Gasteiger partial charge is 0.395 e. The van der Waals surface area contributed by atoms with E-state index in [0.29, 0.717) is 12.2 Å². The third kappa shape index (κ3) is 3.29. The minimum absolute atomic E-state index is 0.140. The quantitative estimate of drug-likeness (QED) is 0.599. The van der Waals surface area contributed by atoms with Crippen molar-refractivity contribution in [3.8, 4) is 6.07 Å². The normalized spacial score (nSPS) is 10.3. The van der Waals surface area contributed by atoms with Gasteiger partial charge in [-0.05, 0) is 6.07 Å². The van der Waals surface area contributed by atoms with E-state index < -0.39 is 0 Å². The lowest BCUT2D eigenvalue weighted by atomic mass is 10.2. The van der Waals surface area contributed by atoms with E-state index in [1.807, 2.05) is 6.07 Å². The molecule has 0 aliphatic rings. The zero-order valence-electron chi connectivity index (χ0n) is 8.22. The Kier molecular flexibility index (Phi) is 4.71. The maximum atomic E-state index is 8.83. The van der Waals surface area contributed by atoms with Crippen LogP contribution in [0.4, 0.5) is 0 Å². The van der Waals surface area contributed by atoms with E-state index in [-0.39, 0.29) is 19.3 Å². The van der Waals surface area contributed by atoms with Crippen molar-refractivity contribution in [2.45, 2.75) is 12.6 Å². The first-order chi connectivity index (χ1) is 7.31. The maximum Gasteiger partial charge on any atom is 0.144 e. The Morgan fingerprint density at radius 2 is 2.20 bits per heavy atom. The van der Waals surface area contributed by atoms with E-state index in [0.717, 1.165) is 5.56 Å². The summed E-state index contributed by atoms with van der Waals surface area (Å²) in [5.41, 5.74) is 1.12. The Labute approximate surface area is 88.0 Å². The number of rotatable bonds is 5. The van der Waals surface area contributed by atoms with Crippen molar-refractivity contribution in [1.82, 2.24) is 10.3 Å². The van der Waals surface area contributed by atoms with Crippen LogP contribution < -0.4 is 5.32 Å². The van der Waals surface area contributed by atoms with Crippen molar-refractivity contribution in [3.63, 3.8) is 0 Å². The molecule has 0 aliphatic carbocycles. The molecule has 5 nitrogen and oxygen atoms in total. The molecule has 80 valence electrons. The van der Waals surface area contributed by atoms with Crippen molar-refractivity contribution in [1.29, 1.82) is 5.26 Å². The van der Waals surface area contributed by atoms with Gasteiger partial charge >= 0.3 is 0 Å².